The Morgan fingerprint density at radius 1 is 1.12 bits per heavy atom. The smallest absolute Gasteiger partial charge is 0.222 e. The summed E-state index contributed by atoms with van der Waals surface area (Å²) in [5, 5.41) is 0. The van der Waals surface area contributed by atoms with E-state index in [4.69, 9.17) is 4.74 Å². The van der Waals surface area contributed by atoms with Crippen LogP contribution in [0.15, 0.2) is 0 Å². The molecule has 0 saturated carbocycles. The van der Waals surface area contributed by atoms with E-state index in [1.54, 1.807) is 26.1 Å². The standard InChI is InChI=1S/C9H19NO2.C3H8O/c1-4-12-8-6-5-7-9(11)10(2)3;1-3-4-2/h4-8H2,1-3H3;3H2,1-2H3. The highest BCUT2D eigenvalue weighted by molar-refractivity contribution is 5.75. The van der Waals surface area contributed by atoms with E-state index in [0.29, 0.717) is 6.42 Å². The van der Waals surface area contributed by atoms with E-state index >= 15 is 0 Å². The minimum Gasteiger partial charge on any atom is -0.385 e. The van der Waals surface area contributed by atoms with Gasteiger partial charge in [-0.3, -0.25) is 4.79 Å². The van der Waals surface area contributed by atoms with Crippen molar-refractivity contribution in [3.05, 3.63) is 0 Å². The molecule has 4 heteroatoms. The Labute approximate surface area is 99.9 Å². The van der Waals surface area contributed by atoms with Gasteiger partial charge in [0, 0.05) is 47.4 Å². The van der Waals surface area contributed by atoms with Crippen LogP contribution in [-0.4, -0.2) is 51.8 Å². The molecule has 16 heavy (non-hydrogen) atoms. The zero-order valence-electron chi connectivity index (χ0n) is 11.4. The number of amides is 1. The Balaban J connectivity index is 0. The highest BCUT2D eigenvalue weighted by Crippen LogP contribution is 1.98. The lowest BCUT2D eigenvalue weighted by Crippen LogP contribution is -2.21. The molecule has 0 unspecified atom stereocenters. The van der Waals surface area contributed by atoms with E-state index < -0.39 is 0 Å². The fourth-order valence-corrected chi connectivity index (χ4v) is 0.848. The summed E-state index contributed by atoms with van der Waals surface area (Å²) in [6.07, 6.45) is 2.55. The number of ether oxygens (including phenoxy) is 2. The summed E-state index contributed by atoms with van der Waals surface area (Å²) in [5.41, 5.74) is 0. The van der Waals surface area contributed by atoms with Gasteiger partial charge < -0.3 is 14.4 Å². The van der Waals surface area contributed by atoms with Gasteiger partial charge in [-0.15, -0.1) is 0 Å². The second-order valence-corrected chi connectivity index (χ2v) is 3.52. The summed E-state index contributed by atoms with van der Waals surface area (Å²) >= 11 is 0. The van der Waals surface area contributed by atoms with Gasteiger partial charge in [0.1, 0.15) is 0 Å². The van der Waals surface area contributed by atoms with Crippen LogP contribution in [0.5, 0.6) is 0 Å². The Morgan fingerprint density at radius 3 is 2.06 bits per heavy atom. The average molecular weight is 233 g/mol. The van der Waals surface area contributed by atoms with E-state index in [0.717, 1.165) is 32.7 Å². The molecule has 4 nitrogen and oxygen atoms in total. The van der Waals surface area contributed by atoms with Crippen molar-refractivity contribution in [3.8, 4) is 0 Å². The first kappa shape index (κ1) is 17.8. The zero-order valence-corrected chi connectivity index (χ0v) is 11.4. The lowest BCUT2D eigenvalue weighted by molar-refractivity contribution is -0.128. The van der Waals surface area contributed by atoms with Crippen LogP contribution in [0.3, 0.4) is 0 Å². The molecule has 0 saturated heterocycles. The molecular weight excluding hydrogens is 206 g/mol. The molecule has 0 bridgehead atoms. The van der Waals surface area contributed by atoms with E-state index in [1.165, 1.54) is 0 Å². The van der Waals surface area contributed by atoms with Gasteiger partial charge in [-0.25, -0.2) is 0 Å². The van der Waals surface area contributed by atoms with Crippen LogP contribution in [0.4, 0.5) is 0 Å². The SMILES string of the molecule is CCOC.CCOCCCCC(=O)N(C)C. The predicted octanol–water partition coefficient (Wildman–Crippen LogP) is 1.93. The van der Waals surface area contributed by atoms with Crippen molar-refractivity contribution in [3.63, 3.8) is 0 Å². The van der Waals surface area contributed by atoms with Crippen LogP contribution >= 0.6 is 0 Å². The maximum Gasteiger partial charge on any atom is 0.222 e. The third-order valence-corrected chi connectivity index (χ3v) is 1.92. The quantitative estimate of drug-likeness (QED) is 0.631. The number of nitrogens with zero attached hydrogens (tertiary/aromatic N) is 1. The Bertz CT molecular complexity index is 147. The summed E-state index contributed by atoms with van der Waals surface area (Å²) in [6, 6.07) is 0. The van der Waals surface area contributed by atoms with Crippen molar-refractivity contribution >= 4 is 5.91 Å². The molecule has 0 radical (unpaired) electrons. The van der Waals surface area contributed by atoms with Crippen molar-refractivity contribution in [1.29, 1.82) is 0 Å². The lowest BCUT2D eigenvalue weighted by Gasteiger charge is -2.09. The molecule has 1 amide bonds. The fraction of sp³-hybridized carbons (Fsp3) is 0.917. The van der Waals surface area contributed by atoms with Gasteiger partial charge in [0.15, 0.2) is 0 Å². The first-order valence-electron chi connectivity index (χ1n) is 5.86. The van der Waals surface area contributed by atoms with Crippen molar-refractivity contribution in [2.45, 2.75) is 33.1 Å². The maximum absolute atomic E-state index is 11.1. The summed E-state index contributed by atoms with van der Waals surface area (Å²) in [7, 11) is 5.25. The highest BCUT2D eigenvalue weighted by Gasteiger charge is 2.01. The predicted molar refractivity (Wildman–Crippen MR) is 66.6 cm³/mol. The number of rotatable bonds is 7. The number of hydrogen-bond donors (Lipinski definition) is 0. The van der Waals surface area contributed by atoms with Crippen LogP contribution in [0.2, 0.25) is 0 Å². The number of unbranched alkanes of at least 4 members (excludes halogenated alkanes) is 1. The molecule has 0 spiro atoms. The number of methoxy groups -OCH3 is 1. The van der Waals surface area contributed by atoms with Crippen molar-refractivity contribution in [2.24, 2.45) is 0 Å². The monoisotopic (exact) mass is 233 g/mol. The lowest BCUT2D eigenvalue weighted by atomic mass is 10.2. The van der Waals surface area contributed by atoms with Crippen molar-refractivity contribution < 1.29 is 14.3 Å². The van der Waals surface area contributed by atoms with Crippen molar-refractivity contribution in [2.75, 3.05) is 41.0 Å². The Kier molecular flexibility index (Phi) is 16.0. The zero-order chi connectivity index (χ0) is 12.8. The van der Waals surface area contributed by atoms with Gasteiger partial charge in [-0.2, -0.15) is 0 Å². The first-order chi connectivity index (χ1) is 7.59. The van der Waals surface area contributed by atoms with Gasteiger partial charge in [0.05, 0.1) is 0 Å². The molecule has 0 atom stereocenters. The molecule has 0 aliphatic carbocycles. The summed E-state index contributed by atoms with van der Waals surface area (Å²) in [4.78, 5) is 12.7. The fourth-order valence-electron chi connectivity index (χ4n) is 0.848. The van der Waals surface area contributed by atoms with E-state index in [-0.39, 0.29) is 5.91 Å². The van der Waals surface area contributed by atoms with E-state index in [1.807, 2.05) is 13.8 Å². The number of hydrogen-bond acceptors (Lipinski definition) is 3. The molecular formula is C12H27NO3. The molecule has 0 heterocycles. The molecule has 0 aromatic carbocycles. The van der Waals surface area contributed by atoms with Crippen LogP contribution in [0, 0.1) is 0 Å². The first-order valence-corrected chi connectivity index (χ1v) is 5.86. The van der Waals surface area contributed by atoms with Crippen LogP contribution in [0.1, 0.15) is 33.1 Å². The summed E-state index contributed by atoms with van der Waals surface area (Å²) < 4.78 is 9.69. The summed E-state index contributed by atoms with van der Waals surface area (Å²) in [5.74, 6) is 0.200. The molecule has 0 aromatic rings. The number of carbonyl (C=O) groups excluding carboxylic acids is 1. The third-order valence-electron chi connectivity index (χ3n) is 1.92. The highest BCUT2D eigenvalue weighted by atomic mass is 16.5. The Hall–Kier alpha value is -0.610. The van der Waals surface area contributed by atoms with Crippen LogP contribution in [-0.2, 0) is 14.3 Å². The molecule has 0 aromatic heterocycles. The molecule has 0 aliphatic rings. The molecule has 0 rings (SSSR count). The minimum atomic E-state index is 0.200. The summed E-state index contributed by atoms with van der Waals surface area (Å²) in [6.45, 7) is 6.30. The largest absolute Gasteiger partial charge is 0.385 e. The molecule has 0 fully saturated rings. The van der Waals surface area contributed by atoms with E-state index in [2.05, 4.69) is 4.74 Å². The number of carbonyl (C=O) groups is 1. The maximum atomic E-state index is 11.1. The Morgan fingerprint density at radius 2 is 1.69 bits per heavy atom. The van der Waals surface area contributed by atoms with Crippen LogP contribution in [0.25, 0.3) is 0 Å². The van der Waals surface area contributed by atoms with Crippen molar-refractivity contribution in [1.82, 2.24) is 4.90 Å². The van der Waals surface area contributed by atoms with Gasteiger partial charge >= 0.3 is 0 Å². The second-order valence-electron chi connectivity index (χ2n) is 3.52. The van der Waals surface area contributed by atoms with Crippen LogP contribution < -0.4 is 0 Å². The van der Waals surface area contributed by atoms with Gasteiger partial charge in [-0.1, -0.05) is 0 Å². The molecule has 0 aliphatic heterocycles. The van der Waals surface area contributed by atoms with Gasteiger partial charge in [-0.05, 0) is 26.7 Å². The second kappa shape index (κ2) is 14.4. The average Bonchev–Trinajstić information content (AvgIpc) is 2.28. The minimum absolute atomic E-state index is 0.200. The molecule has 0 N–H and O–H groups in total. The van der Waals surface area contributed by atoms with E-state index in [9.17, 15) is 4.79 Å². The third kappa shape index (κ3) is 15.8. The molecule has 98 valence electrons. The topological polar surface area (TPSA) is 38.8 Å². The van der Waals surface area contributed by atoms with Gasteiger partial charge in [0.2, 0.25) is 5.91 Å². The van der Waals surface area contributed by atoms with Gasteiger partial charge in [0.25, 0.3) is 0 Å². The normalized spacial score (nSPS) is 9.31.